The van der Waals surface area contributed by atoms with Gasteiger partial charge in [-0.3, -0.25) is 4.79 Å². The molecule has 9 heteroatoms. The van der Waals surface area contributed by atoms with Crippen LogP contribution in [0.15, 0.2) is 16.6 Å². The van der Waals surface area contributed by atoms with E-state index < -0.39 is 23.8 Å². The Labute approximate surface area is 127 Å². The van der Waals surface area contributed by atoms with Crippen molar-refractivity contribution in [2.45, 2.75) is 6.42 Å². The molecule has 0 aliphatic carbocycles. The minimum atomic E-state index is -1.07. The van der Waals surface area contributed by atoms with E-state index in [9.17, 15) is 18.8 Å². The maximum absolute atomic E-state index is 13.5. The van der Waals surface area contributed by atoms with Gasteiger partial charge in [-0.05, 0) is 28.1 Å². The van der Waals surface area contributed by atoms with Crippen molar-refractivity contribution >= 4 is 39.6 Å². The summed E-state index contributed by atoms with van der Waals surface area (Å²) in [7, 11) is 1.15. The van der Waals surface area contributed by atoms with Crippen LogP contribution in [0.2, 0.25) is 0 Å². The van der Waals surface area contributed by atoms with Crippen molar-refractivity contribution in [2.75, 3.05) is 19.0 Å². The highest BCUT2D eigenvalue weighted by Gasteiger charge is 2.17. The highest BCUT2D eigenvalue weighted by Crippen LogP contribution is 2.25. The quantitative estimate of drug-likeness (QED) is 0.694. The lowest BCUT2D eigenvalue weighted by atomic mass is 10.1. The molecule has 0 fully saturated rings. The van der Waals surface area contributed by atoms with Crippen LogP contribution < -0.4 is 10.6 Å². The second-order valence-corrected chi connectivity index (χ2v) is 4.68. The minimum Gasteiger partial charge on any atom is -0.481 e. The van der Waals surface area contributed by atoms with E-state index in [-0.39, 0.29) is 28.7 Å². The number of carbonyl (C=O) groups is 3. The van der Waals surface area contributed by atoms with Crippen LogP contribution in [0.1, 0.15) is 16.8 Å². The van der Waals surface area contributed by atoms with E-state index in [1.807, 2.05) is 0 Å². The van der Waals surface area contributed by atoms with Gasteiger partial charge in [0.2, 0.25) is 0 Å². The maximum Gasteiger partial charge on any atom is 0.340 e. The smallest absolute Gasteiger partial charge is 0.340 e. The van der Waals surface area contributed by atoms with Crippen LogP contribution in [0.5, 0.6) is 0 Å². The molecular weight excluding hydrogens is 351 g/mol. The summed E-state index contributed by atoms with van der Waals surface area (Å²) in [4.78, 5) is 33.4. The van der Waals surface area contributed by atoms with Crippen molar-refractivity contribution < 1.29 is 28.6 Å². The standard InChI is InChI=1S/C12H12BrFN2O5/c1-21-11(19)6-4-7(13)8(14)5-9(6)16-12(20)15-3-2-10(17)18/h4-5H,2-3H2,1H3,(H,17,18)(H2,15,16,20). The normalized spacial score (nSPS) is 9.86. The van der Waals surface area contributed by atoms with E-state index in [0.717, 1.165) is 13.2 Å². The molecule has 3 N–H and O–H groups in total. The molecule has 0 unspecified atom stereocenters. The molecule has 0 atom stereocenters. The fourth-order valence-electron chi connectivity index (χ4n) is 1.38. The van der Waals surface area contributed by atoms with Gasteiger partial charge >= 0.3 is 18.0 Å². The van der Waals surface area contributed by atoms with E-state index >= 15 is 0 Å². The summed E-state index contributed by atoms with van der Waals surface area (Å²) < 4.78 is 18.1. The third kappa shape index (κ3) is 5.03. The molecule has 0 aliphatic heterocycles. The van der Waals surface area contributed by atoms with Gasteiger partial charge in [-0.25, -0.2) is 14.0 Å². The van der Waals surface area contributed by atoms with E-state index in [4.69, 9.17) is 5.11 Å². The van der Waals surface area contributed by atoms with E-state index in [2.05, 4.69) is 31.3 Å². The Morgan fingerprint density at radius 3 is 2.62 bits per heavy atom. The lowest BCUT2D eigenvalue weighted by Crippen LogP contribution is -2.31. The van der Waals surface area contributed by atoms with Gasteiger partial charge in [0.1, 0.15) is 5.82 Å². The van der Waals surface area contributed by atoms with Crippen molar-refractivity contribution in [3.63, 3.8) is 0 Å². The third-order valence-corrected chi connectivity index (χ3v) is 2.95. The van der Waals surface area contributed by atoms with Crippen molar-refractivity contribution in [3.8, 4) is 0 Å². The number of rotatable bonds is 5. The zero-order valence-electron chi connectivity index (χ0n) is 10.9. The Kier molecular flexibility index (Phi) is 6.10. The number of benzene rings is 1. The highest BCUT2D eigenvalue weighted by atomic mass is 79.9. The predicted molar refractivity (Wildman–Crippen MR) is 74.7 cm³/mol. The molecule has 0 bridgehead atoms. The van der Waals surface area contributed by atoms with Gasteiger partial charge in [0, 0.05) is 6.54 Å². The van der Waals surface area contributed by atoms with Gasteiger partial charge in [0.25, 0.3) is 0 Å². The van der Waals surface area contributed by atoms with Crippen LogP contribution in [-0.4, -0.2) is 36.7 Å². The Balaban J connectivity index is 2.86. The van der Waals surface area contributed by atoms with E-state index in [1.165, 1.54) is 6.07 Å². The number of urea groups is 1. The number of anilines is 1. The lowest BCUT2D eigenvalue weighted by molar-refractivity contribution is -0.136. The molecule has 0 radical (unpaired) electrons. The summed E-state index contributed by atoms with van der Waals surface area (Å²) >= 11 is 2.93. The van der Waals surface area contributed by atoms with Gasteiger partial charge in [0.15, 0.2) is 0 Å². The lowest BCUT2D eigenvalue weighted by Gasteiger charge is -2.11. The molecule has 0 spiro atoms. The van der Waals surface area contributed by atoms with Gasteiger partial charge in [-0.1, -0.05) is 0 Å². The summed E-state index contributed by atoms with van der Waals surface area (Å²) in [6, 6.07) is 1.37. The van der Waals surface area contributed by atoms with E-state index in [1.54, 1.807) is 0 Å². The second kappa shape index (κ2) is 7.58. The second-order valence-electron chi connectivity index (χ2n) is 3.83. The van der Waals surface area contributed by atoms with Crippen molar-refractivity contribution in [2.24, 2.45) is 0 Å². The predicted octanol–water partition coefficient (Wildman–Crippen LogP) is 1.97. The van der Waals surface area contributed by atoms with Crippen LogP contribution in [0, 0.1) is 5.82 Å². The van der Waals surface area contributed by atoms with Gasteiger partial charge in [-0.2, -0.15) is 0 Å². The summed E-state index contributed by atoms with van der Waals surface area (Å²) in [5, 5.41) is 13.0. The van der Waals surface area contributed by atoms with Gasteiger partial charge < -0.3 is 20.5 Å². The first kappa shape index (κ1) is 16.9. The number of hydrogen-bond donors (Lipinski definition) is 3. The number of hydrogen-bond acceptors (Lipinski definition) is 4. The van der Waals surface area contributed by atoms with Crippen molar-refractivity contribution in [1.29, 1.82) is 0 Å². The summed E-state index contributed by atoms with van der Waals surface area (Å²) in [6.07, 6.45) is -0.258. The van der Waals surface area contributed by atoms with Crippen LogP contribution in [0.25, 0.3) is 0 Å². The maximum atomic E-state index is 13.5. The molecule has 2 amide bonds. The fraction of sp³-hybridized carbons (Fsp3) is 0.250. The number of halogens is 2. The minimum absolute atomic E-state index is 0.0414. The molecule has 21 heavy (non-hydrogen) atoms. The van der Waals surface area contributed by atoms with Crippen LogP contribution in [0.4, 0.5) is 14.9 Å². The van der Waals surface area contributed by atoms with Gasteiger partial charge in [-0.15, -0.1) is 0 Å². The van der Waals surface area contributed by atoms with Gasteiger partial charge in [0.05, 0.1) is 29.3 Å². The molecule has 114 valence electrons. The molecular formula is C12H12BrFN2O5. The first-order chi connectivity index (χ1) is 9.85. The largest absolute Gasteiger partial charge is 0.481 e. The highest BCUT2D eigenvalue weighted by molar-refractivity contribution is 9.10. The molecule has 0 saturated heterocycles. The van der Waals surface area contributed by atoms with Crippen molar-refractivity contribution in [3.05, 3.63) is 28.0 Å². The molecule has 0 aliphatic rings. The number of methoxy groups -OCH3 is 1. The Morgan fingerprint density at radius 1 is 1.38 bits per heavy atom. The number of amides is 2. The monoisotopic (exact) mass is 362 g/mol. The zero-order chi connectivity index (χ0) is 16.0. The molecule has 0 heterocycles. The Hall–Kier alpha value is -2.16. The Morgan fingerprint density at radius 2 is 2.05 bits per heavy atom. The molecule has 0 saturated carbocycles. The number of esters is 1. The van der Waals surface area contributed by atoms with Crippen LogP contribution in [0.3, 0.4) is 0 Å². The van der Waals surface area contributed by atoms with Crippen LogP contribution in [-0.2, 0) is 9.53 Å². The average molecular weight is 363 g/mol. The van der Waals surface area contributed by atoms with E-state index in [0.29, 0.717) is 0 Å². The average Bonchev–Trinajstić information content (AvgIpc) is 2.41. The number of carboxylic acids is 1. The summed E-state index contributed by atoms with van der Waals surface area (Å²) in [5.41, 5.74) is -0.130. The molecule has 7 nitrogen and oxygen atoms in total. The molecule has 0 aromatic heterocycles. The molecule has 1 aromatic carbocycles. The number of carbonyl (C=O) groups excluding carboxylic acids is 2. The fourth-order valence-corrected chi connectivity index (χ4v) is 1.72. The zero-order valence-corrected chi connectivity index (χ0v) is 12.5. The summed E-state index contributed by atoms with van der Waals surface area (Å²) in [5.74, 6) is -2.50. The SMILES string of the molecule is COC(=O)c1cc(Br)c(F)cc1NC(=O)NCCC(=O)O. The number of ether oxygens (including phenoxy) is 1. The summed E-state index contributed by atoms with van der Waals surface area (Å²) in [6.45, 7) is -0.103. The topological polar surface area (TPSA) is 105 Å². The third-order valence-electron chi connectivity index (χ3n) is 2.34. The first-order valence-electron chi connectivity index (χ1n) is 5.69. The number of aliphatic carboxylic acids is 1. The first-order valence-corrected chi connectivity index (χ1v) is 6.48. The number of carboxylic acid groups (broad SMARTS) is 1. The Bertz CT molecular complexity index is 579. The number of nitrogens with one attached hydrogen (secondary N) is 2. The van der Waals surface area contributed by atoms with Crippen LogP contribution >= 0.6 is 15.9 Å². The van der Waals surface area contributed by atoms with Crippen molar-refractivity contribution in [1.82, 2.24) is 5.32 Å². The molecule has 1 aromatic rings. The molecule has 1 rings (SSSR count).